The van der Waals surface area contributed by atoms with Crippen LogP contribution >= 0.6 is 11.6 Å². The summed E-state index contributed by atoms with van der Waals surface area (Å²) in [5.41, 5.74) is 2.94. The first kappa shape index (κ1) is 21.4. The van der Waals surface area contributed by atoms with Crippen molar-refractivity contribution in [2.45, 2.75) is 38.8 Å². The molecule has 31 heavy (non-hydrogen) atoms. The van der Waals surface area contributed by atoms with Gasteiger partial charge in [0, 0.05) is 34.9 Å². The zero-order valence-corrected chi connectivity index (χ0v) is 18.2. The summed E-state index contributed by atoms with van der Waals surface area (Å²) >= 11 is 6.05. The molecule has 2 aromatic carbocycles. The lowest BCUT2D eigenvalue weighted by atomic mass is 10.1. The zero-order valence-electron chi connectivity index (χ0n) is 17.5. The maximum atomic E-state index is 13.1. The number of hydrogen-bond donors (Lipinski definition) is 2. The molecule has 1 aliphatic heterocycles. The highest BCUT2D eigenvalue weighted by atomic mass is 35.5. The van der Waals surface area contributed by atoms with Crippen molar-refractivity contribution < 1.29 is 9.53 Å². The molecule has 0 saturated carbocycles. The summed E-state index contributed by atoms with van der Waals surface area (Å²) in [6.07, 6.45) is 2.76. The summed E-state index contributed by atoms with van der Waals surface area (Å²) in [5.74, 6) is 0. The lowest BCUT2D eigenvalue weighted by Gasteiger charge is -2.26. The molecule has 1 aromatic heterocycles. The number of H-pyrrole nitrogens is 1. The van der Waals surface area contributed by atoms with Crippen LogP contribution < -0.4 is 10.9 Å². The second-order valence-electron chi connectivity index (χ2n) is 7.85. The number of pyridine rings is 1. The van der Waals surface area contributed by atoms with Crippen LogP contribution in [-0.4, -0.2) is 35.2 Å². The molecule has 0 radical (unpaired) electrons. The van der Waals surface area contributed by atoms with E-state index in [1.807, 2.05) is 18.2 Å². The molecule has 2 amide bonds. The van der Waals surface area contributed by atoms with E-state index in [1.54, 1.807) is 29.2 Å². The molecule has 4 rings (SSSR count). The second-order valence-corrected chi connectivity index (χ2v) is 8.29. The molecule has 0 aliphatic carbocycles. The zero-order chi connectivity index (χ0) is 21.8. The van der Waals surface area contributed by atoms with Gasteiger partial charge >= 0.3 is 6.03 Å². The molecule has 1 fully saturated rings. The van der Waals surface area contributed by atoms with E-state index in [2.05, 4.69) is 23.3 Å². The van der Waals surface area contributed by atoms with Crippen molar-refractivity contribution in [3.05, 3.63) is 75.0 Å². The molecule has 0 spiro atoms. The molecule has 3 aromatic rings. The first-order valence-electron chi connectivity index (χ1n) is 10.6. The number of aromatic amines is 1. The van der Waals surface area contributed by atoms with E-state index in [4.69, 9.17) is 16.3 Å². The summed E-state index contributed by atoms with van der Waals surface area (Å²) in [6, 6.07) is 14.6. The maximum absolute atomic E-state index is 13.1. The van der Waals surface area contributed by atoms with Gasteiger partial charge in [0.15, 0.2) is 0 Å². The molecule has 0 unspecified atom stereocenters. The van der Waals surface area contributed by atoms with Crippen molar-refractivity contribution in [2.24, 2.45) is 0 Å². The molecule has 0 bridgehead atoms. The molecule has 2 heterocycles. The molecule has 1 saturated heterocycles. The van der Waals surface area contributed by atoms with Crippen LogP contribution in [0.1, 0.15) is 30.9 Å². The highest BCUT2D eigenvalue weighted by Gasteiger charge is 2.24. The Morgan fingerprint density at radius 2 is 2.13 bits per heavy atom. The SMILES string of the molecule is CCc1ccc2[nH]c(=O)c(CN(C[C@H]3CCCO3)C(=O)Nc3cccc(Cl)c3)cc2c1. The average molecular weight is 440 g/mol. The van der Waals surface area contributed by atoms with Crippen molar-refractivity contribution >= 4 is 34.2 Å². The number of ether oxygens (including phenoxy) is 1. The van der Waals surface area contributed by atoms with E-state index in [-0.39, 0.29) is 24.2 Å². The van der Waals surface area contributed by atoms with Crippen molar-refractivity contribution in [1.82, 2.24) is 9.88 Å². The number of nitrogens with one attached hydrogen (secondary N) is 2. The van der Waals surface area contributed by atoms with Gasteiger partial charge in [0.2, 0.25) is 0 Å². The van der Waals surface area contributed by atoms with Crippen LogP contribution in [0.25, 0.3) is 10.9 Å². The minimum atomic E-state index is -0.292. The van der Waals surface area contributed by atoms with Gasteiger partial charge in [0.1, 0.15) is 0 Å². The fraction of sp³-hybridized carbons (Fsp3) is 0.333. The highest BCUT2D eigenvalue weighted by molar-refractivity contribution is 6.30. The summed E-state index contributed by atoms with van der Waals surface area (Å²) in [7, 11) is 0. The molecular formula is C24H26ClN3O3. The third kappa shape index (κ3) is 5.27. The van der Waals surface area contributed by atoms with Crippen LogP contribution in [0, 0.1) is 0 Å². The Bertz CT molecular complexity index is 1140. The average Bonchev–Trinajstić information content (AvgIpc) is 3.26. The van der Waals surface area contributed by atoms with Gasteiger partial charge in [-0.2, -0.15) is 0 Å². The highest BCUT2D eigenvalue weighted by Crippen LogP contribution is 2.20. The Morgan fingerprint density at radius 1 is 1.26 bits per heavy atom. The minimum absolute atomic E-state index is 0.0312. The normalized spacial score (nSPS) is 15.9. The van der Waals surface area contributed by atoms with Crippen LogP contribution in [0.2, 0.25) is 5.02 Å². The fourth-order valence-corrected chi connectivity index (χ4v) is 4.06. The Kier molecular flexibility index (Phi) is 6.59. The Hall–Kier alpha value is -2.83. The third-order valence-corrected chi connectivity index (χ3v) is 5.80. The number of fused-ring (bicyclic) bond motifs is 1. The fourth-order valence-electron chi connectivity index (χ4n) is 3.87. The van der Waals surface area contributed by atoms with Crippen LogP contribution in [0.5, 0.6) is 0 Å². The predicted molar refractivity (Wildman–Crippen MR) is 124 cm³/mol. The van der Waals surface area contributed by atoms with Gasteiger partial charge < -0.3 is 19.9 Å². The smallest absolute Gasteiger partial charge is 0.322 e. The number of nitrogens with zero attached hydrogens (tertiary/aromatic N) is 1. The van der Waals surface area contributed by atoms with Crippen LogP contribution in [0.15, 0.2) is 53.3 Å². The van der Waals surface area contributed by atoms with Gasteiger partial charge in [-0.05, 0) is 66.6 Å². The quantitative estimate of drug-likeness (QED) is 0.570. The van der Waals surface area contributed by atoms with Gasteiger partial charge in [0.25, 0.3) is 5.56 Å². The predicted octanol–water partition coefficient (Wildman–Crippen LogP) is 4.96. The number of benzene rings is 2. The van der Waals surface area contributed by atoms with Crippen LogP contribution in [-0.2, 0) is 17.7 Å². The molecule has 2 N–H and O–H groups in total. The monoisotopic (exact) mass is 439 g/mol. The molecule has 7 heteroatoms. The lowest BCUT2D eigenvalue weighted by molar-refractivity contribution is 0.0818. The van der Waals surface area contributed by atoms with E-state index in [1.165, 1.54) is 5.56 Å². The van der Waals surface area contributed by atoms with E-state index in [0.29, 0.717) is 29.4 Å². The number of carbonyl (C=O) groups is 1. The minimum Gasteiger partial charge on any atom is -0.376 e. The third-order valence-electron chi connectivity index (χ3n) is 5.57. The van der Waals surface area contributed by atoms with E-state index < -0.39 is 0 Å². The van der Waals surface area contributed by atoms with E-state index in [9.17, 15) is 9.59 Å². The van der Waals surface area contributed by atoms with Crippen LogP contribution in [0.4, 0.5) is 10.5 Å². The molecular weight excluding hydrogens is 414 g/mol. The Labute approximate surface area is 186 Å². The van der Waals surface area contributed by atoms with E-state index in [0.717, 1.165) is 30.2 Å². The Balaban J connectivity index is 1.61. The van der Waals surface area contributed by atoms with Crippen molar-refractivity contribution in [2.75, 3.05) is 18.5 Å². The number of hydrogen-bond acceptors (Lipinski definition) is 3. The number of aromatic nitrogens is 1. The van der Waals surface area contributed by atoms with Gasteiger partial charge in [-0.15, -0.1) is 0 Å². The number of aryl methyl sites for hydroxylation is 1. The number of rotatable bonds is 6. The topological polar surface area (TPSA) is 74.4 Å². The van der Waals surface area contributed by atoms with Crippen molar-refractivity contribution in [3.8, 4) is 0 Å². The molecule has 162 valence electrons. The number of carbonyl (C=O) groups excluding carboxylic acids is 1. The van der Waals surface area contributed by atoms with Crippen LogP contribution in [0.3, 0.4) is 0 Å². The summed E-state index contributed by atoms with van der Waals surface area (Å²) in [5, 5.41) is 4.39. The first-order chi connectivity index (χ1) is 15.0. The first-order valence-corrected chi connectivity index (χ1v) is 11.0. The van der Waals surface area contributed by atoms with Gasteiger partial charge in [-0.1, -0.05) is 30.7 Å². The molecule has 1 atom stereocenters. The second kappa shape index (κ2) is 9.54. The lowest BCUT2D eigenvalue weighted by Crippen LogP contribution is -2.40. The number of amides is 2. The number of halogens is 1. The van der Waals surface area contributed by atoms with Gasteiger partial charge in [0.05, 0.1) is 12.6 Å². The molecule has 6 nitrogen and oxygen atoms in total. The van der Waals surface area contributed by atoms with Gasteiger partial charge in [-0.3, -0.25) is 4.79 Å². The van der Waals surface area contributed by atoms with E-state index >= 15 is 0 Å². The largest absolute Gasteiger partial charge is 0.376 e. The van der Waals surface area contributed by atoms with Crippen molar-refractivity contribution in [1.29, 1.82) is 0 Å². The maximum Gasteiger partial charge on any atom is 0.322 e. The summed E-state index contributed by atoms with van der Waals surface area (Å²) < 4.78 is 5.74. The van der Waals surface area contributed by atoms with Gasteiger partial charge in [-0.25, -0.2) is 4.79 Å². The summed E-state index contributed by atoms with van der Waals surface area (Å²) in [4.78, 5) is 30.4. The number of urea groups is 1. The Morgan fingerprint density at radius 3 is 2.87 bits per heavy atom. The summed E-state index contributed by atoms with van der Waals surface area (Å²) in [6.45, 7) is 3.40. The standard InChI is InChI=1S/C24H26ClN3O3/c1-2-16-8-9-22-17(11-16)12-18(23(29)27-22)14-28(15-21-7-4-10-31-21)24(30)26-20-6-3-5-19(25)13-20/h3,5-6,8-9,11-13,21H,2,4,7,10,14-15H2,1H3,(H,26,30)(H,27,29)/t21-/m1/s1. The number of anilines is 1. The van der Waals surface area contributed by atoms with Crippen molar-refractivity contribution in [3.63, 3.8) is 0 Å². The molecule has 1 aliphatic rings.